The third kappa shape index (κ3) is 2.69. The Hall–Kier alpha value is -2.14. The highest BCUT2D eigenvalue weighted by atomic mass is 32.2. The van der Waals surface area contributed by atoms with Crippen LogP contribution in [0.2, 0.25) is 0 Å². The molecule has 0 atom stereocenters. The van der Waals surface area contributed by atoms with Gasteiger partial charge in [0.1, 0.15) is 0 Å². The number of sulfone groups is 1. The third-order valence-electron chi connectivity index (χ3n) is 3.56. The number of fused-ring (bicyclic) bond motifs is 1. The van der Waals surface area contributed by atoms with Gasteiger partial charge in [-0.2, -0.15) is 0 Å². The average Bonchev–Trinajstić information content (AvgIpc) is 2.77. The number of amides is 1. The Balaban J connectivity index is 2.00. The summed E-state index contributed by atoms with van der Waals surface area (Å²) in [6.45, 7) is 1.75. The first kappa shape index (κ1) is 13.8. The van der Waals surface area contributed by atoms with Crippen LogP contribution >= 0.6 is 0 Å². The predicted octanol–water partition coefficient (Wildman–Crippen LogP) is 2.46. The van der Waals surface area contributed by atoms with Crippen LogP contribution in [0.4, 0.5) is 5.69 Å². The minimum atomic E-state index is -3.42. The summed E-state index contributed by atoms with van der Waals surface area (Å²) in [5, 5.41) is 2.73. The van der Waals surface area contributed by atoms with Crippen LogP contribution in [0.3, 0.4) is 0 Å². The van der Waals surface area contributed by atoms with Gasteiger partial charge >= 0.3 is 0 Å². The number of rotatable bonds is 3. The fourth-order valence-corrected chi connectivity index (χ4v) is 4.22. The summed E-state index contributed by atoms with van der Waals surface area (Å²) in [7, 11) is -3.42. The topological polar surface area (TPSA) is 63.2 Å². The Morgan fingerprint density at radius 3 is 2.57 bits per heavy atom. The number of nitrogens with one attached hydrogen (secondary N) is 1. The van der Waals surface area contributed by atoms with Gasteiger partial charge in [0.05, 0.1) is 17.1 Å². The lowest BCUT2D eigenvalue weighted by Gasteiger charge is -2.10. The fourth-order valence-electron chi connectivity index (χ4n) is 2.57. The van der Waals surface area contributed by atoms with E-state index >= 15 is 0 Å². The Morgan fingerprint density at radius 2 is 1.86 bits per heavy atom. The van der Waals surface area contributed by atoms with E-state index in [0.29, 0.717) is 10.5 Å². The maximum absolute atomic E-state index is 12.6. The molecule has 0 fully saturated rings. The van der Waals surface area contributed by atoms with E-state index in [4.69, 9.17) is 0 Å². The first-order valence-electron chi connectivity index (χ1n) is 6.66. The third-order valence-corrected chi connectivity index (χ3v) is 5.38. The van der Waals surface area contributed by atoms with E-state index in [-0.39, 0.29) is 18.1 Å². The maximum Gasteiger partial charge on any atom is 0.228 e. The van der Waals surface area contributed by atoms with Crippen LogP contribution < -0.4 is 5.32 Å². The maximum atomic E-state index is 12.6. The van der Waals surface area contributed by atoms with Gasteiger partial charge < -0.3 is 5.32 Å². The minimum Gasteiger partial charge on any atom is -0.326 e. The molecule has 4 nitrogen and oxygen atoms in total. The number of benzene rings is 2. The molecule has 1 amide bonds. The van der Waals surface area contributed by atoms with Crippen molar-refractivity contribution in [1.29, 1.82) is 0 Å². The number of carbonyl (C=O) groups is 1. The second-order valence-electron chi connectivity index (χ2n) is 5.24. The van der Waals surface area contributed by atoms with Crippen LogP contribution in [0.5, 0.6) is 0 Å². The Kier molecular flexibility index (Phi) is 3.29. The van der Waals surface area contributed by atoms with Crippen molar-refractivity contribution < 1.29 is 13.2 Å². The monoisotopic (exact) mass is 301 g/mol. The van der Waals surface area contributed by atoms with Gasteiger partial charge in [-0.05, 0) is 35.7 Å². The van der Waals surface area contributed by atoms with Crippen molar-refractivity contribution in [1.82, 2.24) is 0 Å². The zero-order valence-corrected chi connectivity index (χ0v) is 12.4. The number of aryl methyl sites for hydroxylation is 1. The largest absolute Gasteiger partial charge is 0.326 e. The van der Waals surface area contributed by atoms with Crippen molar-refractivity contribution in [3.05, 3.63) is 59.2 Å². The quantitative estimate of drug-likeness (QED) is 0.947. The summed E-state index contributed by atoms with van der Waals surface area (Å²) in [6.07, 6.45) is 0.240. The van der Waals surface area contributed by atoms with Crippen LogP contribution in [-0.2, 0) is 26.8 Å². The van der Waals surface area contributed by atoms with E-state index in [1.165, 1.54) is 0 Å². The molecule has 0 aromatic heterocycles. The lowest BCUT2D eigenvalue weighted by Crippen LogP contribution is -2.07. The van der Waals surface area contributed by atoms with Crippen molar-refractivity contribution in [3.8, 4) is 0 Å². The Bertz CT molecular complexity index is 811. The standard InChI is InChI=1S/C16H15NO3S/c1-11-7-14-13(9-16(18)17-14)8-15(11)21(19,20)10-12-5-3-2-4-6-12/h2-8H,9-10H2,1H3,(H,17,18). The molecule has 21 heavy (non-hydrogen) atoms. The average molecular weight is 301 g/mol. The fraction of sp³-hybridized carbons (Fsp3) is 0.188. The first-order valence-corrected chi connectivity index (χ1v) is 8.31. The molecule has 0 aliphatic carbocycles. The molecular formula is C16H15NO3S. The molecule has 1 heterocycles. The summed E-state index contributed by atoms with van der Waals surface area (Å²) in [5.74, 6) is -0.128. The summed E-state index contributed by atoms with van der Waals surface area (Å²) in [4.78, 5) is 11.7. The van der Waals surface area contributed by atoms with E-state index in [2.05, 4.69) is 5.32 Å². The number of hydrogen-bond acceptors (Lipinski definition) is 3. The molecule has 0 radical (unpaired) electrons. The zero-order chi connectivity index (χ0) is 15.0. The lowest BCUT2D eigenvalue weighted by atomic mass is 10.1. The highest BCUT2D eigenvalue weighted by Gasteiger charge is 2.24. The summed E-state index contributed by atoms with van der Waals surface area (Å²) >= 11 is 0. The molecule has 2 aromatic carbocycles. The van der Waals surface area contributed by atoms with Gasteiger partial charge in [-0.15, -0.1) is 0 Å². The second-order valence-corrected chi connectivity index (χ2v) is 7.20. The van der Waals surface area contributed by atoms with Gasteiger partial charge in [-0.25, -0.2) is 8.42 Å². The zero-order valence-electron chi connectivity index (χ0n) is 11.6. The minimum absolute atomic E-state index is 0.0329. The molecule has 1 aliphatic rings. The normalized spacial score (nSPS) is 13.9. The SMILES string of the molecule is Cc1cc2c(cc1S(=O)(=O)Cc1ccccc1)CC(=O)N2. The van der Waals surface area contributed by atoms with E-state index in [0.717, 1.165) is 16.8 Å². The van der Waals surface area contributed by atoms with Crippen molar-refractivity contribution in [3.63, 3.8) is 0 Å². The van der Waals surface area contributed by atoms with Gasteiger partial charge in [0.15, 0.2) is 9.84 Å². The molecule has 108 valence electrons. The molecule has 0 bridgehead atoms. The van der Waals surface area contributed by atoms with Crippen LogP contribution in [0, 0.1) is 6.92 Å². The van der Waals surface area contributed by atoms with Crippen LogP contribution in [-0.4, -0.2) is 14.3 Å². The smallest absolute Gasteiger partial charge is 0.228 e. The summed E-state index contributed by atoms with van der Waals surface area (Å²) in [6, 6.07) is 12.5. The molecule has 0 saturated heterocycles. The number of carbonyl (C=O) groups excluding carboxylic acids is 1. The molecule has 0 saturated carbocycles. The van der Waals surface area contributed by atoms with Crippen LogP contribution in [0.1, 0.15) is 16.7 Å². The van der Waals surface area contributed by atoms with Crippen LogP contribution in [0.15, 0.2) is 47.4 Å². The number of hydrogen-bond donors (Lipinski definition) is 1. The molecular weight excluding hydrogens is 286 g/mol. The molecule has 5 heteroatoms. The number of anilines is 1. The van der Waals surface area contributed by atoms with Gasteiger partial charge in [0.2, 0.25) is 5.91 Å². The highest BCUT2D eigenvalue weighted by Crippen LogP contribution is 2.30. The predicted molar refractivity (Wildman–Crippen MR) is 80.8 cm³/mol. The van der Waals surface area contributed by atoms with Crippen molar-refractivity contribution in [2.45, 2.75) is 24.0 Å². The second kappa shape index (κ2) is 5.00. The van der Waals surface area contributed by atoms with Crippen LogP contribution in [0.25, 0.3) is 0 Å². The van der Waals surface area contributed by atoms with Crippen molar-refractivity contribution in [2.24, 2.45) is 0 Å². The van der Waals surface area contributed by atoms with E-state index < -0.39 is 9.84 Å². The molecule has 1 N–H and O–H groups in total. The van der Waals surface area contributed by atoms with Gasteiger partial charge in [-0.3, -0.25) is 4.79 Å². The lowest BCUT2D eigenvalue weighted by molar-refractivity contribution is -0.115. The van der Waals surface area contributed by atoms with Gasteiger partial charge in [-0.1, -0.05) is 30.3 Å². The Labute approximate surface area is 123 Å². The first-order chi connectivity index (χ1) is 9.95. The molecule has 2 aromatic rings. The molecule has 0 unspecified atom stereocenters. The summed E-state index contributed by atoms with van der Waals surface area (Å²) in [5.41, 5.74) is 2.88. The molecule has 0 spiro atoms. The van der Waals surface area contributed by atoms with E-state index in [1.54, 1.807) is 31.2 Å². The summed E-state index contributed by atoms with van der Waals surface area (Å²) < 4.78 is 25.2. The molecule has 1 aliphatic heterocycles. The molecule has 3 rings (SSSR count). The van der Waals surface area contributed by atoms with Gasteiger partial charge in [0, 0.05) is 5.69 Å². The highest BCUT2D eigenvalue weighted by molar-refractivity contribution is 7.90. The van der Waals surface area contributed by atoms with Crippen molar-refractivity contribution >= 4 is 21.4 Å². The Morgan fingerprint density at radius 1 is 1.14 bits per heavy atom. The van der Waals surface area contributed by atoms with E-state index in [1.807, 2.05) is 18.2 Å². The van der Waals surface area contributed by atoms with E-state index in [9.17, 15) is 13.2 Å². The van der Waals surface area contributed by atoms with Gasteiger partial charge in [0.25, 0.3) is 0 Å². The van der Waals surface area contributed by atoms with Crippen molar-refractivity contribution in [2.75, 3.05) is 5.32 Å².